The smallest absolute Gasteiger partial charge is 0.251 e. The third-order valence-electron chi connectivity index (χ3n) is 4.48. The van der Waals surface area contributed by atoms with Crippen LogP contribution in [-0.2, 0) is 14.8 Å². The summed E-state index contributed by atoms with van der Waals surface area (Å²) in [4.78, 5) is 12.5. The molecule has 2 atom stereocenters. The molecule has 1 heterocycles. The number of nitrogens with one attached hydrogen (secondary N) is 1. The Kier molecular flexibility index (Phi) is 5.91. The molecule has 2 rings (SSSR count). The molecule has 1 N–H and O–H groups in total. The van der Waals surface area contributed by atoms with Crippen LogP contribution >= 0.6 is 0 Å². The van der Waals surface area contributed by atoms with E-state index < -0.39 is 10.0 Å². The van der Waals surface area contributed by atoms with Gasteiger partial charge in [0.2, 0.25) is 10.0 Å². The number of morpholine rings is 1. The molecule has 0 bridgehead atoms. The number of sulfonamides is 1. The van der Waals surface area contributed by atoms with Gasteiger partial charge in [0.1, 0.15) is 0 Å². The van der Waals surface area contributed by atoms with Crippen molar-refractivity contribution in [2.75, 3.05) is 13.1 Å². The Hall–Kier alpha value is -1.44. The normalized spacial score (nSPS) is 22.6. The Morgan fingerprint density at radius 1 is 1.20 bits per heavy atom. The molecular weight excluding hydrogens is 340 g/mol. The fourth-order valence-corrected chi connectivity index (χ4v) is 4.31. The summed E-state index contributed by atoms with van der Waals surface area (Å²) in [5.74, 6) is -0.204. The highest BCUT2D eigenvalue weighted by Gasteiger charge is 2.32. The van der Waals surface area contributed by atoms with E-state index in [0.717, 1.165) is 6.42 Å². The molecule has 0 aliphatic carbocycles. The van der Waals surface area contributed by atoms with E-state index in [2.05, 4.69) is 5.32 Å². The molecule has 1 aliphatic heterocycles. The molecule has 1 aromatic carbocycles. The first-order chi connectivity index (χ1) is 11.5. The molecule has 1 aromatic rings. The first-order valence-corrected chi connectivity index (χ1v) is 10.1. The Bertz CT molecular complexity index is 703. The fourth-order valence-electron chi connectivity index (χ4n) is 2.72. The number of hydrogen-bond acceptors (Lipinski definition) is 4. The zero-order valence-electron chi connectivity index (χ0n) is 15.6. The van der Waals surface area contributed by atoms with Crippen LogP contribution in [0.25, 0.3) is 0 Å². The van der Waals surface area contributed by atoms with Crippen molar-refractivity contribution < 1.29 is 17.9 Å². The minimum atomic E-state index is -3.59. The Labute approximate surface area is 150 Å². The number of carbonyl (C=O) groups excluding carboxylic acids is 1. The van der Waals surface area contributed by atoms with E-state index in [9.17, 15) is 13.2 Å². The second-order valence-corrected chi connectivity index (χ2v) is 9.23. The van der Waals surface area contributed by atoms with E-state index in [0.29, 0.717) is 18.7 Å². The number of nitrogens with zero attached hydrogens (tertiary/aromatic N) is 1. The number of ether oxygens (including phenoxy) is 1. The standard InChI is InChI=1S/C18H28N2O4S/c1-6-18(4,5)19-17(21)15-7-9-16(10-8-15)25(22,23)20-11-13(2)24-14(3)12-20/h7-10,13-14H,6,11-12H2,1-5H3,(H,19,21)/t13-,14-/m1/s1. The number of rotatable bonds is 5. The van der Waals surface area contributed by atoms with Gasteiger partial charge in [0.25, 0.3) is 5.91 Å². The van der Waals surface area contributed by atoms with Crippen LogP contribution in [0.15, 0.2) is 29.2 Å². The van der Waals surface area contributed by atoms with E-state index in [1.807, 2.05) is 34.6 Å². The predicted octanol–water partition coefficient (Wildman–Crippen LogP) is 2.40. The lowest BCUT2D eigenvalue weighted by Gasteiger charge is -2.34. The van der Waals surface area contributed by atoms with Gasteiger partial charge in [-0.15, -0.1) is 0 Å². The van der Waals surface area contributed by atoms with E-state index in [-0.39, 0.29) is 28.5 Å². The second kappa shape index (κ2) is 7.43. The largest absolute Gasteiger partial charge is 0.373 e. The van der Waals surface area contributed by atoms with Gasteiger partial charge in [-0.05, 0) is 58.4 Å². The van der Waals surface area contributed by atoms with Gasteiger partial charge in [0, 0.05) is 24.2 Å². The molecule has 0 aromatic heterocycles. The molecule has 0 spiro atoms. The highest BCUT2D eigenvalue weighted by molar-refractivity contribution is 7.89. The van der Waals surface area contributed by atoms with E-state index in [1.54, 1.807) is 12.1 Å². The Morgan fingerprint density at radius 2 is 1.72 bits per heavy atom. The lowest BCUT2D eigenvalue weighted by Crippen LogP contribution is -2.48. The van der Waals surface area contributed by atoms with Gasteiger partial charge in [0.15, 0.2) is 0 Å². The van der Waals surface area contributed by atoms with Crippen LogP contribution < -0.4 is 5.32 Å². The van der Waals surface area contributed by atoms with Crippen molar-refractivity contribution in [3.05, 3.63) is 29.8 Å². The molecule has 0 unspecified atom stereocenters. The van der Waals surface area contributed by atoms with Crippen LogP contribution in [0.2, 0.25) is 0 Å². The summed E-state index contributed by atoms with van der Waals surface area (Å²) < 4.78 is 32.7. The van der Waals surface area contributed by atoms with Crippen molar-refractivity contribution in [2.45, 2.75) is 63.7 Å². The summed E-state index contributed by atoms with van der Waals surface area (Å²) in [6, 6.07) is 6.10. The first kappa shape index (κ1) is 19.9. The predicted molar refractivity (Wildman–Crippen MR) is 97.0 cm³/mol. The summed E-state index contributed by atoms with van der Waals surface area (Å²) >= 11 is 0. The van der Waals surface area contributed by atoms with Crippen LogP contribution in [0, 0.1) is 0 Å². The summed E-state index contributed by atoms with van der Waals surface area (Å²) in [7, 11) is -3.59. The highest BCUT2D eigenvalue weighted by atomic mass is 32.2. The second-order valence-electron chi connectivity index (χ2n) is 7.30. The Balaban J connectivity index is 2.17. The number of hydrogen-bond donors (Lipinski definition) is 1. The van der Waals surface area contributed by atoms with Crippen LogP contribution in [-0.4, -0.2) is 49.5 Å². The molecule has 1 aliphatic rings. The summed E-state index contributed by atoms with van der Waals surface area (Å²) in [5, 5.41) is 2.94. The number of amides is 1. The van der Waals surface area contributed by atoms with E-state index in [1.165, 1.54) is 16.4 Å². The average Bonchev–Trinajstić information content (AvgIpc) is 2.53. The summed E-state index contributed by atoms with van der Waals surface area (Å²) in [5.41, 5.74) is 0.145. The van der Waals surface area contributed by atoms with Gasteiger partial charge in [-0.2, -0.15) is 4.31 Å². The van der Waals surface area contributed by atoms with Gasteiger partial charge >= 0.3 is 0 Å². The maximum Gasteiger partial charge on any atom is 0.251 e. The third kappa shape index (κ3) is 4.80. The van der Waals surface area contributed by atoms with Crippen molar-refractivity contribution in [3.63, 3.8) is 0 Å². The van der Waals surface area contributed by atoms with E-state index in [4.69, 9.17) is 4.74 Å². The van der Waals surface area contributed by atoms with Crippen LogP contribution in [0.4, 0.5) is 0 Å². The summed E-state index contributed by atoms with van der Waals surface area (Å²) in [6.45, 7) is 10.3. The molecular formula is C18H28N2O4S. The minimum Gasteiger partial charge on any atom is -0.373 e. The van der Waals surface area contributed by atoms with Crippen LogP contribution in [0.3, 0.4) is 0 Å². The highest BCUT2D eigenvalue weighted by Crippen LogP contribution is 2.21. The molecule has 140 valence electrons. The van der Waals surface area contributed by atoms with Gasteiger partial charge in [-0.3, -0.25) is 4.79 Å². The minimum absolute atomic E-state index is 0.139. The van der Waals surface area contributed by atoms with Gasteiger partial charge < -0.3 is 10.1 Å². The van der Waals surface area contributed by atoms with E-state index >= 15 is 0 Å². The summed E-state index contributed by atoms with van der Waals surface area (Å²) in [6.07, 6.45) is 0.526. The third-order valence-corrected chi connectivity index (χ3v) is 6.32. The van der Waals surface area contributed by atoms with Crippen molar-refractivity contribution in [2.24, 2.45) is 0 Å². The maximum absolute atomic E-state index is 12.8. The first-order valence-electron chi connectivity index (χ1n) is 8.63. The average molecular weight is 368 g/mol. The van der Waals surface area contributed by atoms with Crippen molar-refractivity contribution in [1.29, 1.82) is 0 Å². The van der Waals surface area contributed by atoms with Crippen LogP contribution in [0.5, 0.6) is 0 Å². The van der Waals surface area contributed by atoms with Crippen LogP contribution in [0.1, 0.15) is 51.4 Å². The fraction of sp³-hybridized carbons (Fsp3) is 0.611. The Morgan fingerprint density at radius 3 is 2.20 bits per heavy atom. The monoisotopic (exact) mass is 368 g/mol. The quantitative estimate of drug-likeness (QED) is 0.866. The zero-order valence-corrected chi connectivity index (χ0v) is 16.4. The molecule has 6 nitrogen and oxygen atoms in total. The molecule has 1 amide bonds. The van der Waals surface area contributed by atoms with Gasteiger partial charge in [-0.1, -0.05) is 6.92 Å². The van der Waals surface area contributed by atoms with Gasteiger partial charge in [0.05, 0.1) is 17.1 Å². The molecule has 25 heavy (non-hydrogen) atoms. The zero-order chi connectivity index (χ0) is 18.8. The van der Waals surface area contributed by atoms with Crippen molar-refractivity contribution in [1.82, 2.24) is 9.62 Å². The molecule has 0 radical (unpaired) electrons. The van der Waals surface area contributed by atoms with Crippen molar-refractivity contribution in [3.8, 4) is 0 Å². The topological polar surface area (TPSA) is 75.7 Å². The lowest BCUT2D eigenvalue weighted by atomic mass is 10.0. The molecule has 1 fully saturated rings. The van der Waals surface area contributed by atoms with Gasteiger partial charge in [-0.25, -0.2) is 8.42 Å². The SMILES string of the molecule is CCC(C)(C)NC(=O)c1ccc(S(=O)(=O)N2C[C@@H](C)O[C@H](C)C2)cc1. The molecule has 1 saturated heterocycles. The number of benzene rings is 1. The molecule has 0 saturated carbocycles. The lowest BCUT2D eigenvalue weighted by molar-refractivity contribution is -0.0440. The van der Waals surface area contributed by atoms with Crippen molar-refractivity contribution >= 4 is 15.9 Å². The number of carbonyl (C=O) groups is 1. The maximum atomic E-state index is 12.8. The molecule has 7 heteroatoms.